The van der Waals surface area contributed by atoms with Gasteiger partial charge in [-0.1, -0.05) is 239 Å². The second-order valence-electron chi connectivity index (χ2n) is 14.7. The van der Waals surface area contributed by atoms with Gasteiger partial charge in [-0.25, -0.2) is 0 Å². The summed E-state index contributed by atoms with van der Waals surface area (Å²) in [5.41, 5.74) is 3.40. The van der Waals surface area contributed by atoms with Crippen molar-refractivity contribution in [2.75, 3.05) is 0 Å². The summed E-state index contributed by atoms with van der Waals surface area (Å²) in [5, 5.41) is 26.5. The second kappa shape index (κ2) is 32.2. The molecule has 0 saturated carbocycles. The Morgan fingerprint density at radius 1 is 0.333 bits per heavy atom. The van der Waals surface area contributed by atoms with Crippen LogP contribution in [0.2, 0.25) is 0 Å². The predicted molar refractivity (Wildman–Crippen MR) is 208 cm³/mol. The summed E-state index contributed by atoms with van der Waals surface area (Å²) in [4.78, 5) is 0. The third-order valence-electron chi connectivity index (χ3n) is 10.3. The molecule has 268 valence electrons. The minimum atomic E-state index is 0. The summed E-state index contributed by atoms with van der Waals surface area (Å²) in [5.74, 6) is 0.304. The SMILES string of the molecule is CCCCCCCCCCCCCCCCc1cccc(Cc2cccc(CCCCCCCCCCCCCCCC)c2[O-])c1[O-].[Ca+2]. The molecule has 0 aliphatic carbocycles. The van der Waals surface area contributed by atoms with Gasteiger partial charge in [0.15, 0.2) is 0 Å². The zero-order valence-corrected chi connectivity index (χ0v) is 34.1. The Labute approximate surface area is 328 Å². The fourth-order valence-corrected chi connectivity index (χ4v) is 7.17. The molecule has 0 amide bonds. The molecule has 2 rings (SSSR count). The molecule has 3 heteroatoms. The zero-order chi connectivity index (χ0) is 33.6. The van der Waals surface area contributed by atoms with E-state index in [1.54, 1.807) is 0 Å². The molecule has 0 spiro atoms. The van der Waals surface area contributed by atoms with Gasteiger partial charge in [-0.05, 0) is 32.1 Å². The van der Waals surface area contributed by atoms with E-state index in [4.69, 9.17) is 0 Å². The monoisotopic (exact) mass is 687 g/mol. The first-order valence-electron chi connectivity index (χ1n) is 20.7. The topological polar surface area (TPSA) is 46.1 Å². The van der Waals surface area contributed by atoms with Gasteiger partial charge in [0.1, 0.15) is 0 Å². The standard InChI is InChI=1S/C45H76O2.Ca/c1-3-5-7-9-11-13-15-17-19-21-23-25-27-29-33-40-35-31-37-42(44(40)46)39-43-38-32-36-41(45(43)47)34-30-28-26-24-22-20-18-16-14-12-10-8-6-4-2;/h31-32,35-38,46-47H,3-30,33-34,39H2,1-2H3;/q;+2/p-2. The van der Waals surface area contributed by atoms with Gasteiger partial charge in [0.25, 0.3) is 0 Å². The molecule has 0 radical (unpaired) electrons. The van der Waals surface area contributed by atoms with Crippen LogP contribution in [0.1, 0.15) is 216 Å². The Balaban J connectivity index is 0.0000115. The number of hydrogen-bond acceptors (Lipinski definition) is 2. The summed E-state index contributed by atoms with van der Waals surface area (Å²) in [6.07, 6.45) is 39.8. The van der Waals surface area contributed by atoms with Crippen LogP contribution in [0.5, 0.6) is 11.5 Å². The van der Waals surface area contributed by atoms with Gasteiger partial charge in [0.05, 0.1) is 0 Å². The summed E-state index contributed by atoms with van der Waals surface area (Å²) in [6, 6.07) is 11.9. The van der Waals surface area contributed by atoms with Gasteiger partial charge in [-0.2, -0.15) is 0 Å². The van der Waals surface area contributed by atoms with E-state index >= 15 is 0 Å². The van der Waals surface area contributed by atoms with Crippen molar-refractivity contribution in [1.29, 1.82) is 0 Å². The van der Waals surface area contributed by atoms with Gasteiger partial charge in [0, 0.05) is 0 Å². The molecule has 0 N–H and O–H groups in total. The molecule has 0 aliphatic rings. The van der Waals surface area contributed by atoms with Gasteiger partial charge in [-0.15, -0.1) is 11.5 Å². The maximum atomic E-state index is 13.3. The van der Waals surface area contributed by atoms with Gasteiger partial charge < -0.3 is 10.2 Å². The first-order valence-corrected chi connectivity index (χ1v) is 20.7. The molecule has 48 heavy (non-hydrogen) atoms. The molecule has 0 bridgehead atoms. The number of para-hydroxylation sites is 2. The van der Waals surface area contributed by atoms with Crippen LogP contribution in [0.15, 0.2) is 36.4 Å². The van der Waals surface area contributed by atoms with E-state index in [0.29, 0.717) is 6.42 Å². The number of hydrogen-bond donors (Lipinski definition) is 0. The van der Waals surface area contributed by atoms with Crippen LogP contribution in [0.25, 0.3) is 0 Å². The van der Waals surface area contributed by atoms with Crippen molar-refractivity contribution in [1.82, 2.24) is 0 Å². The fraction of sp³-hybridized carbons (Fsp3) is 0.733. The maximum absolute atomic E-state index is 13.3. The average molecular weight is 687 g/mol. The van der Waals surface area contributed by atoms with Crippen LogP contribution in [-0.2, 0) is 19.3 Å². The summed E-state index contributed by atoms with van der Waals surface area (Å²) < 4.78 is 0. The van der Waals surface area contributed by atoms with Crippen molar-refractivity contribution in [3.8, 4) is 11.5 Å². The van der Waals surface area contributed by atoms with E-state index in [-0.39, 0.29) is 49.2 Å². The molecule has 0 unspecified atom stereocenters. The van der Waals surface area contributed by atoms with Crippen LogP contribution >= 0.6 is 0 Å². The van der Waals surface area contributed by atoms with Crippen molar-refractivity contribution in [3.05, 3.63) is 58.7 Å². The van der Waals surface area contributed by atoms with Crippen molar-refractivity contribution in [2.45, 2.75) is 213 Å². The van der Waals surface area contributed by atoms with E-state index in [1.807, 2.05) is 36.4 Å². The summed E-state index contributed by atoms with van der Waals surface area (Å²) >= 11 is 0. The molecule has 2 nitrogen and oxygen atoms in total. The van der Waals surface area contributed by atoms with Crippen molar-refractivity contribution in [3.63, 3.8) is 0 Å². The van der Waals surface area contributed by atoms with E-state index in [1.165, 1.54) is 167 Å². The van der Waals surface area contributed by atoms with Crippen LogP contribution in [-0.4, -0.2) is 37.7 Å². The molecule has 0 fully saturated rings. The smallest absolute Gasteiger partial charge is 0.872 e. The van der Waals surface area contributed by atoms with E-state index < -0.39 is 0 Å². The Morgan fingerprint density at radius 3 is 0.833 bits per heavy atom. The quantitative estimate of drug-likeness (QED) is 0.0568. The van der Waals surface area contributed by atoms with Gasteiger partial charge >= 0.3 is 37.7 Å². The number of benzene rings is 2. The molecule has 2 aromatic rings. The van der Waals surface area contributed by atoms with Crippen molar-refractivity contribution < 1.29 is 10.2 Å². The molecular formula is C45H74CaO2. The first kappa shape index (κ1) is 45.3. The number of aryl methyl sites for hydroxylation is 2. The Bertz CT molecular complexity index is 923. The number of unbranched alkanes of at least 4 members (excludes halogenated alkanes) is 26. The van der Waals surface area contributed by atoms with E-state index in [2.05, 4.69) is 13.8 Å². The van der Waals surface area contributed by atoms with Crippen LogP contribution < -0.4 is 10.2 Å². The van der Waals surface area contributed by atoms with Gasteiger partial charge in [-0.3, -0.25) is 0 Å². The van der Waals surface area contributed by atoms with Crippen molar-refractivity contribution in [2.24, 2.45) is 0 Å². The molecule has 0 aliphatic heterocycles. The molecule has 0 aromatic heterocycles. The van der Waals surface area contributed by atoms with Crippen molar-refractivity contribution >= 4 is 37.7 Å². The van der Waals surface area contributed by atoms with Crippen LogP contribution in [0.3, 0.4) is 0 Å². The molecule has 0 atom stereocenters. The molecule has 0 saturated heterocycles. The largest absolute Gasteiger partial charge is 2.00 e. The second-order valence-corrected chi connectivity index (χ2v) is 14.7. The third-order valence-corrected chi connectivity index (χ3v) is 10.3. The average Bonchev–Trinajstić information content (AvgIpc) is 3.08. The predicted octanol–water partition coefficient (Wildman–Crippen LogP) is 13.1. The first-order chi connectivity index (χ1) is 23.2. The van der Waals surface area contributed by atoms with Crippen LogP contribution in [0, 0.1) is 0 Å². The van der Waals surface area contributed by atoms with E-state index in [0.717, 1.165) is 47.9 Å². The minimum Gasteiger partial charge on any atom is -0.872 e. The van der Waals surface area contributed by atoms with Crippen LogP contribution in [0.4, 0.5) is 0 Å². The Kier molecular flexibility index (Phi) is 30.4. The normalized spacial score (nSPS) is 11.2. The maximum Gasteiger partial charge on any atom is 2.00 e. The number of rotatable bonds is 32. The van der Waals surface area contributed by atoms with Gasteiger partial charge in [0.2, 0.25) is 0 Å². The zero-order valence-electron chi connectivity index (χ0n) is 31.9. The minimum absolute atomic E-state index is 0. The fourth-order valence-electron chi connectivity index (χ4n) is 7.17. The Morgan fingerprint density at radius 2 is 0.562 bits per heavy atom. The Hall–Kier alpha value is -0.700. The third kappa shape index (κ3) is 22.2. The molecule has 2 aromatic carbocycles. The molecular weight excluding hydrogens is 613 g/mol. The van der Waals surface area contributed by atoms with E-state index in [9.17, 15) is 10.2 Å². The summed E-state index contributed by atoms with van der Waals surface area (Å²) in [7, 11) is 0. The molecule has 0 heterocycles. The summed E-state index contributed by atoms with van der Waals surface area (Å²) in [6.45, 7) is 4.57.